The molecule has 0 spiro atoms. The van der Waals surface area contributed by atoms with Crippen molar-refractivity contribution in [3.05, 3.63) is 46.1 Å². The van der Waals surface area contributed by atoms with Crippen molar-refractivity contribution in [1.82, 2.24) is 0 Å². The minimum Gasteiger partial charge on any atom is -0.507 e. The van der Waals surface area contributed by atoms with Gasteiger partial charge in [0, 0.05) is 17.7 Å². The third-order valence-corrected chi connectivity index (χ3v) is 7.71. The van der Waals surface area contributed by atoms with Gasteiger partial charge in [0.25, 0.3) is 0 Å². The number of phenolic OH excluding ortho intramolecular Hbond substituents is 2. The van der Waals surface area contributed by atoms with E-state index < -0.39 is 102 Å². The number of hydrogen-bond donors (Lipinski definition) is 10. The number of rotatable bonds is 7. The molecule has 2 fully saturated rings. The molecule has 2 aromatic carbocycles. The minimum atomic E-state index is -1.94. The first-order valence-electron chi connectivity index (χ1n) is 13.4. The molecule has 0 amide bonds. The second-order valence-corrected chi connectivity index (χ2v) is 10.4. The summed E-state index contributed by atoms with van der Waals surface area (Å²) in [6, 6.07) is 5.93. The Morgan fingerprint density at radius 1 is 0.750 bits per heavy atom. The topological polar surface area (TPSA) is 269 Å². The van der Waals surface area contributed by atoms with Crippen LogP contribution in [0.15, 0.2) is 39.5 Å². The smallest absolute Gasteiger partial charge is 0.229 e. The minimum absolute atomic E-state index is 0.0296. The highest BCUT2D eigenvalue weighted by molar-refractivity contribution is 5.90. The van der Waals surface area contributed by atoms with Crippen LogP contribution in [-0.2, 0) is 9.47 Å². The molecule has 10 atom stereocenters. The molecule has 16 nitrogen and oxygen atoms in total. The van der Waals surface area contributed by atoms with E-state index in [4.69, 9.17) is 23.4 Å². The van der Waals surface area contributed by atoms with Crippen molar-refractivity contribution in [3.63, 3.8) is 0 Å². The monoisotopic (exact) mass is 624 g/mol. The second-order valence-electron chi connectivity index (χ2n) is 10.4. The van der Waals surface area contributed by atoms with E-state index in [1.165, 1.54) is 25.3 Å². The van der Waals surface area contributed by atoms with Crippen LogP contribution < -0.4 is 14.9 Å². The van der Waals surface area contributed by atoms with Gasteiger partial charge in [0.2, 0.25) is 6.29 Å². The van der Waals surface area contributed by atoms with Crippen LogP contribution >= 0.6 is 0 Å². The van der Waals surface area contributed by atoms with Crippen molar-refractivity contribution >= 4 is 11.0 Å². The van der Waals surface area contributed by atoms with Crippen LogP contribution in [0.25, 0.3) is 22.3 Å². The molecule has 0 aliphatic carbocycles. The number of fused-ring (bicyclic) bond motifs is 1. The van der Waals surface area contributed by atoms with E-state index in [0.29, 0.717) is 0 Å². The van der Waals surface area contributed by atoms with Crippen molar-refractivity contribution in [2.45, 2.75) is 61.2 Å². The molecule has 2 saturated heterocycles. The molecule has 4 unspecified atom stereocenters. The predicted molar refractivity (Wildman–Crippen MR) is 145 cm³/mol. The summed E-state index contributed by atoms with van der Waals surface area (Å²) < 4.78 is 28.1. The number of methoxy groups -OCH3 is 1. The molecular formula is C28H32O16. The molecular weight excluding hydrogens is 592 g/mol. The Hall–Kier alpha value is -3.55. The first-order valence-corrected chi connectivity index (χ1v) is 13.4. The van der Waals surface area contributed by atoms with Gasteiger partial charge in [0.1, 0.15) is 77.6 Å². The first kappa shape index (κ1) is 31.9. The summed E-state index contributed by atoms with van der Waals surface area (Å²) in [6.45, 7) is -1.61. The predicted octanol–water partition coefficient (Wildman–Crippen LogP) is -2.43. The Morgan fingerprint density at radius 3 is 2.02 bits per heavy atom. The van der Waals surface area contributed by atoms with Gasteiger partial charge in [-0.15, -0.1) is 0 Å². The van der Waals surface area contributed by atoms with Crippen molar-refractivity contribution < 1.29 is 74.4 Å². The van der Waals surface area contributed by atoms with Crippen LogP contribution in [0.1, 0.15) is 11.7 Å². The fourth-order valence-corrected chi connectivity index (χ4v) is 5.28. The summed E-state index contributed by atoms with van der Waals surface area (Å²) in [5.41, 5.74) is -1.38. The van der Waals surface area contributed by atoms with Crippen molar-refractivity contribution in [1.29, 1.82) is 0 Å². The molecule has 3 aromatic rings. The fourth-order valence-electron chi connectivity index (χ4n) is 5.28. The number of aliphatic hydroxyl groups is 8. The molecule has 3 heterocycles. The van der Waals surface area contributed by atoms with E-state index in [1.807, 2.05) is 0 Å². The van der Waals surface area contributed by atoms with E-state index >= 15 is 0 Å². The lowest BCUT2D eigenvalue weighted by atomic mass is 9.89. The molecule has 240 valence electrons. The maximum atomic E-state index is 13.4. The lowest BCUT2D eigenvalue weighted by Crippen LogP contribution is -2.60. The number of ether oxygens (including phenoxy) is 4. The van der Waals surface area contributed by atoms with Crippen LogP contribution in [0, 0.1) is 0 Å². The number of benzene rings is 2. The van der Waals surface area contributed by atoms with Crippen LogP contribution in [0.2, 0.25) is 0 Å². The third kappa shape index (κ3) is 5.45. The molecule has 0 radical (unpaired) electrons. The zero-order valence-electron chi connectivity index (χ0n) is 23.0. The van der Waals surface area contributed by atoms with Gasteiger partial charge >= 0.3 is 0 Å². The lowest BCUT2D eigenvalue weighted by molar-refractivity contribution is -0.278. The summed E-state index contributed by atoms with van der Waals surface area (Å²) in [7, 11) is 1.30. The van der Waals surface area contributed by atoms with E-state index in [2.05, 4.69) is 0 Å². The largest absolute Gasteiger partial charge is 0.507 e. The maximum absolute atomic E-state index is 13.4. The van der Waals surface area contributed by atoms with Gasteiger partial charge in [0.05, 0.1) is 25.9 Å². The maximum Gasteiger partial charge on any atom is 0.229 e. The number of aromatic hydroxyl groups is 2. The van der Waals surface area contributed by atoms with Gasteiger partial charge < -0.3 is 74.4 Å². The normalized spacial score (nSPS) is 32.5. The van der Waals surface area contributed by atoms with E-state index in [9.17, 15) is 55.9 Å². The Balaban J connectivity index is 1.74. The van der Waals surface area contributed by atoms with Gasteiger partial charge in [0.15, 0.2) is 22.5 Å². The molecule has 16 heteroatoms. The highest BCUT2D eigenvalue weighted by Gasteiger charge is 2.48. The Kier molecular flexibility index (Phi) is 9.01. The number of hydrogen-bond acceptors (Lipinski definition) is 16. The molecule has 44 heavy (non-hydrogen) atoms. The van der Waals surface area contributed by atoms with Gasteiger partial charge in [-0.2, -0.15) is 0 Å². The van der Waals surface area contributed by atoms with Crippen LogP contribution in [0.3, 0.4) is 0 Å². The third-order valence-electron chi connectivity index (χ3n) is 7.71. The van der Waals surface area contributed by atoms with E-state index in [0.717, 1.165) is 12.1 Å². The van der Waals surface area contributed by atoms with Crippen LogP contribution in [0.4, 0.5) is 0 Å². The van der Waals surface area contributed by atoms with Crippen molar-refractivity contribution in [3.8, 4) is 34.3 Å². The molecule has 1 aromatic heterocycles. The zero-order chi connectivity index (χ0) is 32.0. The van der Waals surface area contributed by atoms with Crippen LogP contribution in [-0.4, -0.2) is 127 Å². The van der Waals surface area contributed by atoms with Crippen molar-refractivity contribution in [2.24, 2.45) is 0 Å². The Morgan fingerprint density at radius 2 is 1.39 bits per heavy atom. The molecule has 2 aliphatic rings. The Bertz CT molecular complexity index is 1550. The number of phenols is 2. The van der Waals surface area contributed by atoms with Gasteiger partial charge in [-0.3, -0.25) is 4.79 Å². The highest BCUT2D eigenvalue weighted by atomic mass is 16.7. The van der Waals surface area contributed by atoms with E-state index in [1.54, 1.807) is 0 Å². The average molecular weight is 625 g/mol. The van der Waals surface area contributed by atoms with Gasteiger partial charge in [-0.05, 0) is 18.2 Å². The summed E-state index contributed by atoms with van der Waals surface area (Å²) >= 11 is 0. The Labute approximate surface area is 247 Å². The standard InChI is InChI=1S/C28H32O16/c1-40-14-4-9(2-3-10(14)31)13-5-11(32)18-12(33)6-15(43-28-25(39)23(37)21(35)17(8-30)44-28)19(26(18)41-13)27-24(38)22(36)20(34)16(7-29)42-27/h2-6,16-17,20-25,27-31,33-39H,7-8H2,1H3/t16?,17?,20-,21-,22+,23+,24?,25?,27-,28-/m1/s1. The summed E-state index contributed by atoms with van der Waals surface area (Å²) in [5.74, 6) is -1.50. The van der Waals surface area contributed by atoms with Gasteiger partial charge in [-0.25, -0.2) is 0 Å². The SMILES string of the molecule is COc1cc(-c2cc(=O)c3c(O)cc(O[C@@H]4OC(CO)[C@@H](O)[C@H](O)C4O)c([C@H]4OC(CO)[C@@H](O)[C@H](O)C4O)c3o2)ccc1O. The van der Waals surface area contributed by atoms with Crippen molar-refractivity contribution in [2.75, 3.05) is 20.3 Å². The molecule has 2 aliphatic heterocycles. The average Bonchev–Trinajstić information content (AvgIpc) is 3.00. The quantitative estimate of drug-likeness (QED) is 0.131. The second kappa shape index (κ2) is 12.4. The molecule has 0 bridgehead atoms. The number of aliphatic hydroxyl groups excluding tert-OH is 8. The summed E-state index contributed by atoms with van der Waals surface area (Å²) in [6.07, 6.45) is -17.5. The lowest BCUT2D eigenvalue weighted by Gasteiger charge is -2.42. The summed E-state index contributed by atoms with van der Waals surface area (Å²) in [5, 5.41) is 103. The first-order chi connectivity index (χ1) is 20.9. The summed E-state index contributed by atoms with van der Waals surface area (Å²) in [4.78, 5) is 13.4. The molecule has 0 saturated carbocycles. The molecule has 5 rings (SSSR count). The van der Waals surface area contributed by atoms with Crippen LogP contribution in [0.5, 0.6) is 23.0 Å². The van der Waals surface area contributed by atoms with E-state index in [-0.39, 0.29) is 28.4 Å². The van der Waals surface area contributed by atoms with Gasteiger partial charge in [-0.1, -0.05) is 0 Å². The highest BCUT2D eigenvalue weighted by Crippen LogP contribution is 2.45. The fraction of sp³-hybridized carbons (Fsp3) is 0.464. The molecule has 10 N–H and O–H groups in total. The zero-order valence-corrected chi connectivity index (χ0v) is 23.0.